The van der Waals surface area contributed by atoms with E-state index in [-0.39, 0.29) is 0 Å². The van der Waals surface area contributed by atoms with Crippen LogP contribution in [0.5, 0.6) is 0 Å². The quantitative estimate of drug-likeness (QED) is 0.245. The maximum atomic E-state index is 13.0. The zero-order valence-electron chi connectivity index (χ0n) is 22.7. The minimum atomic E-state index is -0.748. The van der Waals surface area contributed by atoms with Crippen molar-refractivity contribution in [2.45, 2.75) is 11.2 Å². The van der Waals surface area contributed by atoms with E-state index in [1.165, 1.54) is 6.07 Å². The summed E-state index contributed by atoms with van der Waals surface area (Å²) in [6.45, 7) is 8.53. The van der Waals surface area contributed by atoms with Crippen molar-refractivity contribution in [3.63, 3.8) is 0 Å². The van der Waals surface area contributed by atoms with Gasteiger partial charge in [-0.3, -0.25) is 0 Å². The van der Waals surface area contributed by atoms with Crippen LogP contribution in [0, 0.1) is 13.1 Å². The highest BCUT2D eigenvalue weighted by atomic mass is 127. The Labute approximate surface area is 266 Å². The Morgan fingerprint density at radius 1 is 0.780 bits per heavy atom. The molecule has 0 aliphatic carbocycles. The zero-order chi connectivity index (χ0) is 29.3. The predicted molar refractivity (Wildman–Crippen MR) is 169 cm³/mol. The number of nitrogens with zero attached hydrogens (tertiary/aromatic N) is 4. The Balaban J connectivity index is 0.000000159. The van der Waals surface area contributed by atoms with E-state index in [0.717, 1.165) is 58.2 Å². The molecule has 0 aromatic carbocycles. The van der Waals surface area contributed by atoms with Gasteiger partial charge in [0.15, 0.2) is 0 Å². The Morgan fingerprint density at radius 3 is 1.68 bits per heavy atom. The van der Waals surface area contributed by atoms with Gasteiger partial charge in [0.05, 0.1) is 52.9 Å². The summed E-state index contributed by atoms with van der Waals surface area (Å²) in [5.74, 6) is 2.04. The first-order valence-electron chi connectivity index (χ1n) is 13.4. The summed E-state index contributed by atoms with van der Waals surface area (Å²) in [5, 5.41) is 22.2. The number of nitrogens with one attached hydrogen (secondary N) is 1. The standard InChI is InChI=1S/C13H18IN3O3.C9H10FIN2O.C4H9NO2/c14-10-5-11(15-7-13(18)8-20-9-13)16-12(6-10)17-1-3-19-4-2-17;10-8-5-7(11)6-9(12-8)13-1-3-14-4-2-13;5-1-4(6)2-7-3-4/h5-6,18H,1-4,7-9H2,(H,15,16);5-6H,1-4H2;6H,1-3,5H2. The number of aromatic nitrogens is 2. The smallest absolute Gasteiger partial charge is 0.215 e. The Hall–Kier alpha value is -1.19. The molecule has 0 saturated carbocycles. The van der Waals surface area contributed by atoms with E-state index in [2.05, 4.69) is 71.4 Å². The summed E-state index contributed by atoms with van der Waals surface area (Å²) in [6, 6.07) is 7.35. The van der Waals surface area contributed by atoms with E-state index < -0.39 is 17.1 Å². The van der Waals surface area contributed by atoms with Crippen molar-refractivity contribution in [1.29, 1.82) is 0 Å². The number of rotatable bonds is 6. The second-order valence-corrected chi connectivity index (χ2v) is 12.7. The molecule has 0 spiro atoms. The molecule has 15 heteroatoms. The van der Waals surface area contributed by atoms with E-state index in [4.69, 9.17) is 29.8 Å². The number of ether oxygens (including phenoxy) is 4. The van der Waals surface area contributed by atoms with Gasteiger partial charge in [-0.2, -0.15) is 4.39 Å². The van der Waals surface area contributed by atoms with Crippen molar-refractivity contribution in [2.24, 2.45) is 5.73 Å². The molecule has 6 rings (SSSR count). The van der Waals surface area contributed by atoms with Crippen molar-refractivity contribution < 1.29 is 33.6 Å². The van der Waals surface area contributed by atoms with Crippen molar-refractivity contribution in [1.82, 2.24) is 9.97 Å². The highest BCUT2D eigenvalue weighted by Gasteiger charge is 2.36. The van der Waals surface area contributed by atoms with Crippen LogP contribution in [0.15, 0.2) is 24.3 Å². The summed E-state index contributed by atoms with van der Waals surface area (Å²) in [6.07, 6.45) is 0. The topological polar surface area (TPSA) is 148 Å². The highest BCUT2D eigenvalue weighted by Crippen LogP contribution is 2.22. The molecular formula is C26H37FI2N6O6. The summed E-state index contributed by atoms with van der Waals surface area (Å²) < 4.78 is 35.3. The second kappa shape index (κ2) is 15.5. The number of hydrogen-bond donors (Lipinski definition) is 4. The van der Waals surface area contributed by atoms with E-state index in [0.29, 0.717) is 58.5 Å². The normalized spacial score (nSPS) is 20.8. The molecule has 228 valence electrons. The molecule has 41 heavy (non-hydrogen) atoms. The highest BCUT2D eigenvalue weighted by molar-refractivity contribution is 14.1. The van der Waals surface area contributed by atoms with Crippen LogP contribution >= 0.6 is 45.2 Å². The van der Waals surface area contributed by atoms with Gasteiger partial charge in [0.25, 0.3) is 0 Å². The Bertz CT molecular complexity index is 1090. The largest absolute Gasteiger partial charge is 0.384 e. The lowest BCUT2D eigenvalue weighted by atomic mass is 10.0. The first-order chi connectivity index (χ1) is 19.7. The molecular weight excluding hydrogens is 765 g/mol. The molecule has 6 heterocycles. The van der Waals surface area contributed by atoms with E-state index in [1.807, 2.05) is 17.0 Å². The SMILES string of the molecule is Fc1cc(I)cc(N2CCOCC2)n1.NCC1(O)COC1.OC1(CNc2cc(I)cc(N3CCOCC3)n2)COC1. The third kappa shape index (κ3) is 10.2. The second-order valence-electron chi connectivity index (χ2n) is 10.2. The molecule has 4 aliphatic rings. The molecule has 2 aromatic heterocycles. The van der Waals surface area contributed by atoms with Gasteiger partial charge < -0.3 is 50.0 Å². The first kappa shape index (κ1) is 32.7. The van der Waals surface area contributed by atoms with Gasteiger partial charge in [-0.15, -0.1) is 0 Å². The average Bonchev–Trinajstić information content (AvgIpc) is 2.95. The summed E-state index contributed by atoms with van der Waals surface area (Å²) in [4.78, 5) is 12.7. The van der Waals surface area contributed by atoms with Gasteiger partial charge in [-0.1, -0.05) is 0 Å². The third-order valence-electron chi connectivity index (χ3n) is 6.65. The average molecular weight is 802 g/mol. The lowest BCUT2D eigenvalue weighted by Crippen LogP contribution is -2.54. The number of pyridine rings is 2. The molecule has 0 amide bonds. The molecule has 0 radical (unpaired) electrons. The summed E-state index contributed by atoms with van der Waals surface area (Å²) in [5.41, 5.74) is 3.71. The van der Waals surface area contributed by atoms with E-state index in [9.17, 15) is 9.50 Å². The molecule has 0 unspecified atom stereocenters. The van der Waals surface area contributed by atoms with Gasteiger partial charge >= 0.3 is 0 Å². The minimum Gasteiger partial charge on any atom is -0.384 e. The van der Waals surface area contributed by atoms with Crippen LogP contribution in [-0.2, 0) is 18.9 Å². The maximum absolute atomic E-state index is 13.0. The van der Waals surface area contributed by atoms with Crippen LogP contribution in [0.25, 0.3) is 0 Å². The van der Waals surface area contributed by atoms with E-state index >= 15 is 0 Å². The molecule has 4 aliphatic heterocycles. The number of aliphatic hydroxyl groups is 2. The monoisotopic (exact) mass is 802 g/mol. The predicted octanol–water partition coefficient (Wildman–Crippen LogP) is 1.06. The molecule has 5 N–H and O–H groups in total. The molecule has 4 fully saturated rings. The van der Waals surface area contributed by atoms with Gasteiger partial charge in [-0.05, 0) is 63.4 Å². The van der Waals surface area contributed by atoms with Crippen molar-refractivity contribution in [3.8, 4) is 0 Å². The number of morpholine rings is 2. The van der Waals surface area contributed by atoms with Crippen molar-refractivity contribution in [3.05, 3.63) is 37.4 Å². The Kier molecular flexibility index (Phi) is 12.4. The van der Waals surface area contributed by atoms with E-state index in [1.54, 1.807) is 0 Å². The molecule has 12 nitrogen and oxygen atoms in total. The van der Waals surface area contributed by atoms with Crippen molar-refractivity contribution in [2.75, 3.05) is 107 Å². The molecule has 0 bridgehead atoms. The lowest BCUT2D eigenvalue weighted by Gasteiger charge is -2.36. The van der Waals surface area contributed by atoms with Gasteiger partial charge in [0.1, 0.15) is 28.7 Å². The van der Waals surface area contributed by atoms with Gasteiger partial charge in [0, 0.05) is 52.5 Å². The van der Waals surface area contributed by atoms with Gasteiger partial charge in [0.2, 0.25) is 5.95 Å². The molecule has 2 aromatic rings. The summed E-state index contributed by atoms with van der Waals surface area (Å²) in [7, 11) is 0. The number of hydrogen-bond acceptors (Lipinski definition) is 12. The number of halogens is 3. The first-order valence-corrected chi connectivity index (χ1v) is 15.5. The zero-order valence-corrected chi connectivity index (χ0v) is 27.1. The van der Waals surface area contributed by atoms with Crippen LogP contribution in [0.2, 0.25) is 0 Å². The van der Waals surface area contributed by atoms with Crippen LogP contribution in [0.1, 0.15) is 0 Å². The minimum absolute atomic E-state index is 0.312. The molecule has 0 atom stereocenters. The fourth-order valence-corrected chi connectivity index (χ4v) is 5.20. The van der Waals surface area contributed by atoms with Gasteiger partial charge in [-0.25, -0.2) is 9.97 Å². The lowest BCUT2D eigenvalue weighted by molar-refractivity contribution is -0.171. The number of anilines is 3. The van der Waals surface area contributed by atoms with Crippen molar-refractivity contribution >= 4 is 62.6 Å². The van der Waals surface area contributed by atoms with Crippen LogP contribution < -0.4 is 20.9 Å². The van der Waals surface area contributed by atoms with Crippen LogP contribution in [-0.4, -0.2) is 124 Å². The fraction of sp³-hybridized carbons (Fsp3) is 0.615. The maximum Gasteiger partial charge on any atom is 0.215 e. The number of nitrogens with two attached hydrogens (primary N) is 1. The van der Waals surface area contributed by atoms with Crippen LogP contribution in [0.4, 0.5) is 21.8 Å². The fourth-order valence-electron chi connectivity index (χ4n) is 4.09. The molecule has 4 saturated heterocycles. The van der Waals surface area contributed by atoms with Crippen LogP contribution in [0.3, 0.4) is 0 Å². The third-order valence-corrected chi connectivity index (χ3v) is 7.90. The Morgan fingerprint density at radius 2 is 1.27 bits per heavy atom. The summed E-state index contributed by atoms with van der Waals surface area (Å²) >= 11 is 4.38.